The first-order valence-corrected chi connectivity index (χ1v) is 14.4. The van der Waals surface area contributed by atoms with Gasteiger partial charge in [0.25, 0.3) is 0 Å². The highest BCUT2D eigenvalue weighted by Gasteiger charge is 2.62. The van der Waals surface area contributed by atoms with Crippen molar-refractivity contribution >= 4 is 46.7 Å². The van der Waals surface area contributed by atoms with Crippen LogP contribution in [0.25, 0.3) is 0 Å². The Morgan fingerprint density at radius 2 is 1.84 bits per heavy atom. The van der Waals surface area contributed by atoms with Gasteiger partial charge in [-0.25, -0.2) is 4.79 Å². The number of fused-ring (bicyclic) bond motifs is 2. The quantitative estimate of drug-likeness (QED) is 0.248. The lowest BCUT2D eigenvalue weighted by atomic mass is 9.57. The second-order valence-electron chi connectivity index (χ2n) is 10.7. The van der Waals surface area contributed by atoms with Crippen LogP contribution < -0.4 is 15.4 Å². The van der Waals surface area contributed by atoms with E-state index in [4.69, 9.17) is 39.1 Å². The Morgan fingerprint density at radius 3 is 2.56 bits per heavy atom. The topological polar surface area (TPSA) is 93.7 Å². The maximum atomic E-state index is 14.4. The molecule has 1 aliphatic carbocycles. The van der Waals surface area contributed by atoms with Gasteiger partial charge in [0, 0.05) is 33.3 Å². The van der Waals surface area contributed by atoms with Crippen molar-refractivity contribution in [2.75, 3.05) is 12.4 Å². The van der Waals surface area contributed by atoms with E-state index in [9.17, 15) is 14.4 Å². The maximum Gasteiger partial charge on any atom is 0.337 e. The van der Waals surface area contributed by atoms with E-state index in [0.717, 1.165) is 5.56 Å². The summed E-state index contributed by atoms with van der Waals surface area (Å²) < 4.78 is 11.1. The summed E-state index contributed by atoms with van der Waals surface area (Å²) in [6.07, 6.45) is 12.1. The van der Waals surface area contributed by atoms with Crippen molar-refractivity contribution in [3.63, 3.8) is 0 Å². The molecule has 1 spiro atoms. The van der Waals surface area contributed by atoms with Gasteiger partial charge in [0.1, 0.15) is 16.9 Å². The predicted molar refractivity (Wildman–Crippen MR) is 164 cm³/mol. The number of hydrogen-bond acceptors (Lipinski definition) is 5. The van der Waals surface area contributed by atoms with Crippen LogP contribution in [-0.2, 0) is 19.7 Å². The van der Waals surface area contributed by atoms with E-state index in [1.54, 1.807) is 54.6 Å². The van der Waals surface area contributed by atoms with E-state index >= 15 is 0 Å². The second kappa shape index (κ2) is 11.3. The van der Waals surface area contributed by atoms with Crippen molar-refractivity contribution in [2.24, 2.45) is 11.8 Å². The van der Waals surface area contributed by atoms with Crippen molar-refractivity contribution in [1.82, 2.24) is 5.32 Å². The van der Waals surface area contributed by atoms with E-state index in [0.29, 0.717) is 50.4 Å². The van der Waals surface area contributed by atoms with Gasteiger partial charge in [0.2, 0.25) is 11.8 Å². The molecule has 2 amide bonds. The fourth-order valence-electron chi connectivity index (χ4n) is 6.50. The number of piperidine rings is 1. The largest absolute Gasteiger partial charge is 0.465 e. The number of ether oxygens (including phenoxy) is 2. The summed E-state index contributed by atoms with van der Waals surface area (Å²) in [7, 11) is 1.31. The van der Waals surface area contributed by atoms with Crippen LogP contribution in [0.4, 0.5) is 5.69 Å². The first-order valence-electron chi connectivity index (χ1n) is 13.6. The monoisotopic (exact) mass is 612 g/mol. The summed E-state index contributed by atoms with van der Waals surface area (Å²) in [4.78, 5) is 39.8. The number of allylic oxidation sites excluding steroid dienone is 4. The number of terminal acetylenes is 1. The van der Waals surface area contributed by atoms with Crippen LogP contribution in [0.1, 0.15) is 45.9 Å². The average Bonchev–Trinajstić information content (AvgIpc) is 3.29. The number of carbonyl (C=O) groups excluding carboxylic acids is 3. The Bertz CT molecular complexity index is 1760. The average molecular weight is 613 g/mol. The first kappa shape index (κ1) is 28.6. The molecule has 216 valence electrons. The lowest BCUT2D eigenvalue weighted by molar-refractivity contribution is -0.135. The molecular weight excluding hydrogens is 587 g/mol. The van der Waals surface area contributed by atoms with E-state index in [2.05, 4.69) is 16.6 Å². The molecule has 43 heavy (non-hydrogen) atoms. The van der Waals surface area contributed by atoms with Crippen LogP contribution in [0.3, 0.4) is 0 Å². The predicted octanol–water partition coefficient (Wildman–Crippen LogP) is 6.67. The molecule has 2 N–H and O–H groups in total. The Morgan fingerprint density at radius 1 is 1.05 bits per heavy atom. The van der Waals surface area contributed by atoms with Crippen LogP contribution in [0.2, 0.25) is 5.02 Å². The van der Waals surface area contributed by atoms with E-state index in [1.807, 2.05) is 24.3 Å². The molecule has 3 aromatic carbocycles. The second-order valence-corrected chi connectivity index (χ2v) is 11.6. The molecule has 2 aliphatic heterocycles. The molecule has 0 aromatic heterocycles. The van der Waals surface area contributed by atoms with Gasteiger partial charge in [-0.05, 0) is 84.5 Å². The minimum absolute atomic E-state index is 0.102. The summed E-state index contributed by atoms with van der Waals surface area (Å²) >= 11 is 12.8. The van der Waals surface area contributed by atoms with Crippen molar-refractivity contribution in [3.8, 4) is 23.8 Å². The molecule has 0 radical (unpaired) electrons. The SMILES string of the molecule is C#Cc1ccc(Oc2ccc(C(=O)OC)cc2)c([C@H]2NC(=O)C[C@@H](C3C=CC=C(Cl)C3)[C@]23C(=O)Nc2cc(Cl)ccc23)c1. The zero-order valence-corrected chi connectivity index (χ0v) is 24.5. The van der Waals surface area contributed by atoms with Gasteiger partial charge in [0.15, 0.2) is 0 Å². The van der Waals surface area contributed by atoms with Gasteiger partial charge >= 0.3 is 5.97 Å². The third kappa shape index (κ3) is 4.97. The number of hydrogen-bond donors (Lipinski definition) is 2. The highest BCUT2D eigenvalue weighted by atomic mass is 35.5. The van der Waals surface area contributed by atoms with Crippen LogP contribution in [0, 0.1) is 24.2 Å². The fourth-order valence-corrected chi connectivity index (χ4v) is 6.93. The third-order valence-electron chi connectivity index (χ3n) is 8.38. The summed E-state index contributed by atoms with van der Waals surface area (Å²) in [5.41, 5.74) is 1.50. The molecule has 1 unspecified atom stereocenters. The zero-order valence-electron chi connectivity index (χ0n) is 23.0. The standard InChI is InChI=1S/C34H26Cl2N2O5/c1-3-19-7-14-29(43-24-11-8-20(9-12-24)32(40)42-2)25(15-19)31-34(26-13-10-23(36)17-28(26)37-33(34)41)27(18-30(39)38-31)21-5-4-6-22(35)16-21/h1,4-15,17,21,27,31H,16,18H2,2H3,(H,37,41)(H,38,39)/t21?,27-,31+,34-/m0/s1. The number of esters is 1. The molecule has 1 fully saturated rings. The smallest absolute Gasteiger partial charge is 0.337 e. The Balaban J connectivity index is 1.53. The Labute approximate surface area is 258 Å². The molecule has 0 saturated carbocycles. The van der Waals surface area contributed by atoms with Gasteiger partial charge in [-0.3, -0.25) is 9.59 Å². The van der Waals surface area contributed by atoms with Crippen molar-refractivity contribution in [1.29, 1.82) is 0 Å². The third-order valence-corrected chi connectivity index (χ3v) is 8.89. The van der Waals surface area contributed by atoms with E-state index in [-0.39, 0.29) is 24.2 Å². The number of carbonyl (C=O) groups is 3. The molecule has 9 heteroatoms. The summed E-state index contributed by atoms with van der Waals surface area (Å²) in [6.45, 7) is 0. The van der Waals surface area contributed by atoms with Gasteiger partial charge in [0.05, 0.1) is 18.7 Å². The minimum atomic E-state index is -1.25. The van der Waals surface area contributed by atoms with Crippen molar-refractivity contribution in [2.45, 2.75) is 24.3 Å². The first-order chi connectivity index (χ1) is 20.7. The number of methoxy groups -OCH3 is 1. The van der Waals surface area contributed by atoms with Crippen LogP contribution in [0.15, 0.2) is 83.9 Å². The maximum absolute atomic E-state index is 14.4. The van der Waals surface area contributed by atoms with Crippen LogP contribution in [-0.4, -0.2) is 24.9 Å². The summed E-state index contributed by atoms with van der Waals surface area (Å²) in [6, 6.07) is 16.1. The van der Waals surface area contributed by atoms with E-state index in [1.165, 1.54) is 7.11 Å². The molecule has 2 heterocycles. The Hall–Kier alpha value is -4.51. The number of anilines is 1. The number of amides is 2. The summed E-state index contributed by atoms with van der Waals surface area (Å²) in [5.74, 6) is 1.87. The number of benzene rings is 3. The normalized spacial score (nSPS) is 24.0. The molecule has 6 rings (SSSR count). The number of halogens is 2. The number of rotatable bonds is 5. The molecule has 3 aromatic rings. The highest BCUT2D eigenvalue weighted by Crippen LogP contribution is 2.58. The van der Waals surface area contributed by atoms with Gasteiger partial charge < -0.3 is 20.1 Å². The highest BCUT2D eigenvalue weighted by molar-refractivity contribution is 6.31. The molecule has 4 atom stereocenters. The molecule has 1 saturated heterocycles. The van der Waals surface area contributed by atoms with Crippen molar-refractivity contribution < 1.29 is 23.9 Å². The van der Waals surface area contributed by atoms with Gasteiger partial charge in [-0.15, -0.1) is 6.42 Å². The van der Waals surface area contributed by atoms with Gasteiger partial charge in [-0.1, -0.05) is 47.3 Å². The van der Waals surface area contributed by atoms with E-state index < -0.39 is 23.3 Å². The molecule has 3 aliphatic rings. The zero-order chi connectivity index (χ0) is 30.3. The molecule has 0 bridgehead atoms. The Kier molecular flexibility index (Phi) is 7.51. The number of nitrogens with one attached hydrogen (secondary N) is 2. The lowest BCUT2D eigenvalue weighted by Gasteiger charge is -2.49. The van der Waals surface area contributed by atoms with Crippen molar-refractivity contribution in [3.05, 3.63) is 111 Å². The summed E-state index contributed by atoms with van der Waals surface area (Å²) in [5, 5.41) is 7.29. The van der Waals surface area contributed by atoms with Crippen LogP contribution >= 0.6 is 23.2 Å². The minimum Gasteiger partial charge on any atom is -0.465 e. The van der Waals surface area contributed by atoms with Gasteiger partial charge in [-0.2, -0.15) is 0 Å². The molecule has 7 nitrogen and oxygen atoms in total. The lowest BCUT2D eigenvalue weighted by Crippen LogP contribution is -2.59. The molecular formula is C34H26Cl2N2O5. The van der Waals surface area contributed by atoms with Crippen LogP contribution in [0.5, 0.6) is 11.5 Å². The fraction of sp³-hybridized carbons (Fsp3) is 0.206.